The van der Waals surface area contributed by atoms with Crippen LogP contribution in [0.5, 0.6) is 0 Å². The fraction of sp³-hybridized carbons (Fsp3) is 0.462. The first-order valence-corrected chi connectivity index (χ1v) is 6.25. The Kier molecular flexibility index (Phi) is 2.94. The molecule has 1 aromatic rings. The zero-order valence-electron chi connectivity index (χ0n) is 10.9. The maximum Gasteiger partial charge on any atom is 0.247 e. The van der Waals surface area contributed by atoms with Crippen LogP contribution < -0.4 is 0 Å². The predicted octanol–water partition coefficient (Wildman–Crippen LogP) is 1.30. The van der Waals surface area contributed by atoms with Gasteiger partial charge in [-0.3, -0.25) is 4.79 Å². The number of carbonyl (C=O) groups excluding carboxylic acids is 1. The van der Waals surface area contributed by atoms with Gasteiger partial charge >= 0.3 is 0 Å². The third-order valence-electron chi connectivity index (χ3n) is 3.35. The van der Waals surface area contributed by atoms with E-state index in [9.17, 15) is 4.79 Å². The summed E-state index contributed by atoms with van der Waals surface area (Å²) in [6, 6.07) is 0. The van der Waals surface area contributed by atoms with E-state index < -0.39 is 0 Å². The Morgan fingerprint density at radius 3 is 3.00 bits per heavy atom. The number of hydrogen-bond donors (Lipinski definition) is 0. The lowest BCUT2D eigenvalue weighted by Crippen LogP contribution is -2.30. The van der Waals surface area contributed by atoms with Crippen molar-refractivity contribution in [1.82, 2.24) is 15.1 Å². The van der Waals surface area contributed by atoms with Gasteiger partial charge < -0.3 is 14.1 Å². The molecule has 0 radical (unpaired) electrons. The van der Waals surface area contributed by atoms with Crippen LogP contribution in [0.3, 0.4) is 0 Å². The van der Waals surface area contributed by atoms with E-state index in [-0.39, 0.29) is 12.0 Å². The molecule has 0 aromatic carbocycles. The predicted molar refractivity (Wildman–Crippen MR) is 66.8 cm³/mol. The van der Waals surface area contributed by atoms with Crippen molar-refractivity contribution in [3.63, 3.8) is 0 Å². The van der Waals surface area contributed by atoms with E-state index >= 15 is 0 Å². The summed E-state index contributed by atoms with van der Waals surface area (Å²) < 4.78 is 11.1. The molecular weight excluding hydrogens is 246 g/mol. The summed E-state index contributed by atoms with van der Waals surface area (Å²) in [7, 11) is 1.78. The Hall–Kier alpha value is -1.95. The summed E-state index contributed by atoms with van der Waals surface area (Å²) >= 11 is 0. The number of aromatic nitrogens is 2. The van der Waals surface area contributed by atoms with Crippen LogP contribution in [0, 0.1) is 6.92 Å². The van der Waals surface area contributed by atoms with Crippen LogP contribution in [0.15, 0.2) is 22.3 Å². The molecule has 3 rings (SSSR count). The maximum absolute atomic E-state index is 11.9. The SMILES string of the molecule is Cc1nnc(C2=CCC3OCCC(=O)N(C)C3=C2)o1. The summed E-state index contributed by atoms with van der Waals surface area (Å²) in [6.45, 7) is 2.22. The molecule has 1 unspecified atom stereocenters. The van der Waals surface area contributed by atoms with E-state index in [0.29, 0.717) is 31.2 Å². The summed E-state index contributed by atoms with van der Waals surface area (Å²) in [4.78, 5) is 13.5. The number of carbonyl (C=O) groups is 1. The molecule has 6 nitrogen and oxygen atoms in total. The van der Waals surface area contributed by atoms with Gasteiger partial charge in [-0.2, -0.15) is 0 Å². The molecule has 1 fully saturated rings. The monoisotopic (exact) mass is 261 g/mol. The lowest BCUT2D eigenvalue weighted by atomic mass is 10.0. The van der Waals surface area contributed by atoms with Crippen molar-refractivity contribution in [2.45, 2.75) is 25.9 Å². The normalized spacial score (nSPS) is 23.6. The van der Waals surface area contributed by atoms with E-state index in [4.69, 9.17) is 9.15 Å². The first-order valence-electron chi connectivity index (χ1n) is 6.25. The molecule has 100 valence electrons. The van der Waals surface area contributed by atoms with Gasteiger partial charge in [0.25, 0.3) is 0 Å². The molecule has 1 aliphatic carbocycles. The number of likely N-dealkylation sites (N-methyl/N-ethyl adjacent to an activating group) is 1. The second kappa shape index (κ2) is 4.62. The molecule has 1 atom stereocenters. The van der Waals surface area contributed by atoms with Crippen LogP contribution in [0.2, 0.25) is 0 Å². The van der Waals surface area contributed by atoms with E-state index in [1.54, 1.807) is 18.9 Å². The Bertz CT molecular complexity index is 573. The molecule has 1 aromatic heterocycles. The van der Waals surface area contributed by atoms with Crippen molar-refractivity contribution in [2.75, 3.05) is 13.7 Å². The molecule has 2 heterocycles. The third kappa shape index (κ3) is 2.19. The van der Waals surface area contributed by atoms with Gasteiger partial charge in [-0.1, -0.05) is 6.08 Å². The highest BCUT2D eigenvalue weighted by Gasteiger charge is 2.29. The van der Waals surface area contributed by atoms with Gasteiger partial charge in [0, 0.05) is 19.5 Å². The fourth-order valence-electron chi connectivity index (χ4n) is 2.29. The van der Waals surface area contributed by atoms with Gasteiger partial charge in [-0.25, -0.2) is 0 Å². The Balaban J connectivity index is 1.95. The molecule has 1 aliphatic heterocycles. The van der Waals surface area contributed by atoms with Gasteiger partial charge in [0.1, 0.15) is 6.10 Å². The minimum Gasteiger partial charge on any atom is -0.421 e. The second-order valence-electron chi connectivity index (χ2n) is 4.65. The molecule has 0 bridgehead atoms. The zero-order valence-corrected chi connectivity index (χ0v) is 10.9. The minimum atomic E-state index is -0.0655. The van der Waals surface area contributed by atoms with Crippen molar-refractivity contribution >= 4 is 11.5 Å². The fourth-order valence-corrected chi connectivity index (χ4v) is 2.29. The van der Waals surface area contributed by atoms with Crippen LogP contribution >= 0.6 is 0 Å². The molecule has 2 aliphatic rings. The summed E-state index contributed by atoms with van der Waals surface area (Å²) in [5, 5.41) is 7.82. The first-order chi connectivity index (χ1) is 9.15. The van der Waals surface area contributed by atoms with Gasteiger partial charge in [0.15, 0.2) is 0 Å². The number of nitrogens with zero attached hydrogens (tertiary/aromatic N) is 3. The number of amides is 1. The summed E-state index contributed by atoms with van der Waals surface area (Å²) in [5.41, 5.74) is 1.70. The van der Waals surface area contributed by atoms with Crippen LogP contribution in [-0.4, -0.2) is 40.8 Å². The van der Waals surface area contributed by atoms with Crippen molar-refractivity contribution in [1.29, 1.82) is 0 Å². The van der Waals surface area contributed by atoms with Crippen molar-refractivity contribution in [3.05, 3.63) is 29.6 Å². The van der Waals surface area contributed by atoms with Crippen LogP contribution in [0.25, 0.3) is 5.57 Å². The quantitative estimate of drug-likeness (QED) is 0.762. The van der Waals surface area contributed by atoms with Crippen LogP contribution in [-0.2, 0) is 9.53 Å². The lowest BCUT2D eigenvalue weighted by Gasteiger charge is -2.26. The second-order valence-corrected chi connectivity index (χ2v) is 4.65. The van der Waals surface area contributed by atoms with E-state index in [1.165, 1.54) is 0 Å². The molecule has 0 N–H and O–H groups in total. The maximum atomic E-state index is 11.9. The van der Waals surface area contributed by atoms with Crippen LogP contribution in [0.4, 0.5) is 0 Å². The number of rotatable bonds is 1. The Labute approximate surface area is 110 Å². The highest BCUT2D eigenvalue weighted by molar-refractivity contribution is 5.80. The third-order valence-corrected chi connectivity index (χ3v) is 3.35. The lowest BCUT2D eigenvalue weighted by molar-refractivity contribution is -0.127. The highest BCUT2D eigenvalue weighted by atomic mass is 16.5. The van der Waals surface area contributed by atoms with Gasteiger partial charge in [-0.15, -0.1) is 10.2 Å². The van der Waals surface area contributed by atoms with E-state index in [1.807, 2.05) is 12.2 Å². The van der Waals surface area contributed by atoms with Gasteiger partial charge in [-0.05, 0) is 12.5 Å². The number of allylic oxidation sites excluding steroid dienone is 2. The molecule has 19 heavy (non-hydrogen) atoms. The molecule has 0 spiro atoms. The number of fused-ring (bicyclic) bond motifs is 1. The van der Waals surface area contributed by atoms with Crippen LogP contribution in [0.1, 0.15) is 24.6 Å². The number of ether oxygens (including phenoxy) is 1. The average Bonchev–Trinajstić information content (AvgIpc) is 2.79. The van der Waals surface area contributed by atoms with Gasteiger partial charge in [0.05, 0.1) is 18.7 Å². The number of aryl methyl sites for hydroxylation is 1. The average molecular weight is 261 g/mol. The summed E-state index contributed by atoms with van der Waals surface area (Å²) in [5.74, 6) is 1.07. The smallest absolute Gasteiger partial charge is 0.247 e. The Morgan fingerprint density at radius 1 is 1.42 bits per heavy atom. The topological polar surface area (TPSA) is 68.5 Å². The molecule has 6 heteroatoms. The molecule has 1 saturated heterocycles. The van der Waals surface area contributed by atoms with Crippen molar-refractivity contribution < 1.29 is 13.9 Å². The van der Waals surface area contributed by atoms with Crippen molar-refractivity contribution in [2.24, 2.45) is 0 Å². The highest BCUT2D eigenvalue weighted by Crippen LogP contribution is 2.30. The van der Waals surface area contributed by atoms with E-state index in [2.05, 4.69) is 10.2 Å². The molecule has 1 amide bonds. The minimum absolute atomic E-state index is 0.0655. The molecule has 0 saturated carbocycles. The van der Waals surface area contributed by atoms with Crippen molar-refractivity contribution in [3.8, 4) is 0 Å². The first kappa shape index (κ1) is 12.1. The van der Waals surface area contributed by atoms with Gasteiger partial charge in [0.2, 0.25) is 17.7 Å². The number of hydrogen-bond acceptors (Lipinski definition) is 5. The standard InChI is InChI=1S/C13H15N3O3/c1-8-14-15-13(19-8)9-3-4-11-10(7-9)16(2)12(17)5-6-18-11/h3,7,11H,4-6H2,1-2H3. The zero-order chi connectivity index (χ0) is 13.4. The largest absolute Gasteiger partial charge is 0.421 e. The Morgan fingerprint density at radius 2 is 2.26 bits per heavy atom. The summed E-state index contributed by atoms with van der Waals surface area (Å²) in [6.07, 6.45) is 4.96. The molecular formula is C13H15N3O3. The van der Waals surface area contributed by atoms with E-state index in [0.717, 1.165) is 11.3 Å².